The van der Waals surface area contributed by atoms with E-state index in [1.54, 1.807) is 26.2 Å². The molecule has 2 atom stereocenters. The van der Waals surface area contributed by atoms with Gasteiger partial charge in [-0.25, -0.2) is 4.79 Å². The molecule has 126 valence electrons. The highest BCUT2D eigenvalue weighted by molar-refractivity contribution is 5.92. The Morgan fingerprint density at radius 1 is 1.04 bits per heavy atom. The van der Waals surface area contributed by atoms with E-state index in [0.717, 1.165) is 11.1 Å². The lowest BCUT2D eigenvalue weighted by atomic mass is 10.0. The quantitative estimate of drug-likeness (QED) is 0.758. The molecule has 0 radical (unpaired) electrons. The molecule has 2 amide bonds. The van der Waals surface area contributed by atoms with Crippen LogP contribution in [-0.2, 0) is 4.79 Å². The van der Waals surface area contributed by atoms with Crippen LogP contribution >= 0.6 is 0 Å². The van der Waals surface area contributed by atoms with Crippen molar-refractivity contribution in [2.24, 2.45) is 5.92 Å². The molecular formula is C18H21N3O3. The molecule has 1 heterocycles. The number of carboxylic acid groups (broad SMARTS) is 1. The number of hydrogen-bond donors (Lipinski definition) is 3. The van der Waals surface area contributed by atoms with Crippen LogP contribution in [0, 0.1) is 5.92 Å². The summed E-state index contributed by atoms with van der Waals surface area (Å²) in [4.78, 5) is 26.8. The molecule has 0 fully saturated rings. The van der Waals surface area contributed by atoms with Crippen molar-refractivity contribution in [2.75, 3.05) is 5.32 Å². The Morgan fingerprint density at radius 3 is 2.21 bits per heavy atom. The first-order chi connectivity index (χ1) is 11.5. The SMILES string of the molecule is CC(CC(C)C(=O)Nc1ccc(-c2ccncc2)cc1)NC(=O)O. The zero-order valence-corrected chi connectivity index (χ0v) is 13.7. The number of nitrogens with zero attached hydrogens (tertiary/aromatic N) is 1. The van der Waals surface area contributed by atoms with Gasteiger partial charge in [0.15, 0.2) is 0 Å². The van der Waals surface area contributed by atoms with Crippen LogP contribution in [0.25, 0.3) is 11.1 Å². The molecule has 1 aromatic carbocycles. The van der Waals surface area contributed by atoms with Crippen molar-refractivity contribution in [1.82, 2.24) is 10.3 Å². The normalized spacial score (nSPS) is 12.9. The zero-order chi connectivity index (χ0) is 17.5. The molecule has 0 saturated carbocycles. The zero-order valence-electron chi connectivity index (χ0n) is 13.7. The summed E-state index contributed by atoms with van der Waals surface area (Å²) in [6.07, 6.45) is 2.83. The van der Waals surface area contributed by atoms with Crippen molar-refractivity contribution in [3.63, 3.8) is 0 Å². The number of amides is 2. The number of carbonyl (C=O) groups is 2. The monoisotopic (exact) mass is 327 g/mol. The van der Waals surface area contributed by atoms with Gasteiger partial charge in [0, 0.05) is 30.0 Å². The van der Waals surface area contributed by atoms with E-state index in [0.29, 0.717) is 12.1 Å². The van der Waals surface area contributed by atoms with Gasteiger partial charge in [0.25, 0.3) is 0 Å². The van der Waals surface area contributed by atoms with Gasteiger partial charge in [0.05, 0.1) is 0 Å². The van der Waals surface area contributed by atoms with E-state index in [-0.39, 0.29) is 17.9 Å². The van der Waals surface area contributed by atoms with Crippen molar-refractivity contribution in [3.8, 4) is 11.1 Å². The molecule has 0 bridgehead atoms. The maximum absolute atomic E-state index is 12.2. The van der Waals surface area contributed by atoms with Gasteiger partial charge < -0.3 is 15.7 Å². The van der Waals surface area contributed by atoms with Crippen molar-refractivity contribution >= 4 is 17.7 Å². The third-order valence-electron chi connectivity index (χ3n) is 3.69. The third-order valence-corrected chi connectivity index (χ3v) is 3.69. The van der Waals surface area contributed by atoms with Crippen LogP contribution in [0.3, 0.4) is 0 Å². The summed E-state index contributed by atoms with van der Waals surface area (Å²) in [7, 11) is 0. The van der Waals surface area contributed by atoms with Crippen LogP contribution in [0.2, 0.25) is 0 Å². The minimum absolute atomic E-state index is 0.134. The Bertz CT molecular complexity index is 686. The topological polar surface area (TPSA) is 91.3 Å². The van der Waals surface area contributed by atoms with Crippen molar-refractivity contribution in [3.05, 3.63) is 48.8 Å². The molecule has 0 spiro atoms. The minimum Gasteiger partial charge on any atom is -0.465 e. The molecule has 0 saturated heterocycles. The number of hydrogen-bond acceptors (Lipinski definition) is 3. The van der Waals surface area contributed by atoms with Crippen molar-refractivity contribution in [1.29, 1.82) is 0 Å². The molecule has 6 nitrogen and oxygen atoms in total. The largest absolute Gasteiger partial charge is 0.465 e. The second-order valence-electron chi connectivity index (χ2n) is 5.79. The molecule has 3 N–H and O–H groups in total. The number of aromatic nitrogens is 1. The smallest absolute Gasteiger partial charge is 0.404 e. The average molecular weight is 327 g/mol. The van der Waals surface area contributed by atoms with E-state index in [9.17, 15) is 9.59 Å². The fourth-order valence-electron chi connectivity index (χ4n) is 2.46. The van der Waals surface area contributed by atoms with Crippen LogP contribution < -0.4 is 10.6 Å². The highest BCUT2D eigenvalue weighted by atomic mass is 16.4. The predicted octanol–water partition coefficient (Wildman–Crippen LogP) is 3.37. The molecular weight excluding hydrogens is 306 g/mol. The van der Waals surface area contributed by atoms with Gasteiger partial charge in [-0.2, -0.15) is 0 Å². The maximum atomic E-state index is 12.2. The van der Waals surface area contributed by atoms with Crippen LogP contribution in [0.5, 0.6) is 0 Å². The van der Waals surface area contributed by atoms with Gasteiger partial charge >= 0.3 is 6.09 Å². The predicted molar refractivity (Wildman–Crippen MR) is 92.7 cm³/mol. The highest BCUT2D eigenvalue weighted by Crippen LogP contribution is 2.21. The van der Waals surface area contributed by atoms with Crippen LogP contribution in [0.4, 0.5) is 10.5 Å². The summed E-state index contributed by atoms with van der Waals surface area (Å²) < 4.78 is 0. The van der Waals surface area contributed by atoms with Gasteiger partial charge in [0.1, 0.15) is 0 Å². The van der Waals surface area contributed by atoms with Gasteiger partial charge in [-0.15, -0.1) is 0 Å². The number of anilines is 1. The molecule has 2 rings (SSSR count). The van der Waals surface area contributed by atoms with Gasteiger partial charge in [-0.3, -0.25) is 9.78 Å². The molecule has 1 aromatic heterocycles. The summed E-state index contributed by atoms with van der Waals surface area (Å²) >= 11 is 0. The summed E-state index contributed by atoms with van der Waals surface area (Å²) in [5, 5.41) is 13.9. The van der Waals surface area contributed by atoms with Gasteiger partial charge in [0.2, 0.25) is 5.91 Å². The first-order valence-electron chi connectivity index (χ1n) is 7.76. The van der Waals surface area contributed by atoms with E-state index in [1.807, 2.05) is 36.4 Å². The molecule has 6 heteroatoms. The minimum atomic E-state index is -1.08. The fraction of sp³-hybridized carbons (Fsp3) is 0.278. The molecule has 24 heavy (non-hydrogen) atoms. The lowest BCUT2D eigenvalue weighted by Gasteiger charge is -2.17. The lowest BCUT2D eigenvalue weighted by Crippen LogP contribution is -2.34. The van der Waals surface area contributed by atoms with Crippen LogP contribution in [0.15, 0.2) is 48.8 Å². The molecule has 0 aliphatic carbocycles. The number of carbonyl (C=O) groups excluding carboxylic acids is 1. The van der Waals surface area contributed by atoms with Gasteiger partial charge in [-0.1, -0.05) is 19.1 Å². The highest BCUT2D eigenvalue weighted by Gasteiger charge is 2.17. The van der Waals surface area contributed by atoms with Crippen molar-refractivity contribution < 1.29 is 14.7 Å². The summed E-state index contributed by atoms with van der Waals surface area (Å²) in [5.41, 5.74) is 2.82. The molecule has 0 aliphatic rings. The number of nitrogens with one attached hydrogen (secondary N) is 2. The second-order valence-corrected chi connectivity index (χ2v) is 5.79. The standard InChI is InChI=1S/C18H21N3O3/c1-12(11-13(2)20-18(23)24)17(22)21-16-5-3-14(4-6-16)15-7-9-19-10-8-15/h3-10,12-13,20H,11H2,1-2H3,(H,21,22)(H,23,24). The van der Waals surface area contributed by atoms with E-state index < -0.39 is 6.09 Å². The molecule has 0 aliphatic heterocycles. The van der Waals surface area contributed by atoms with Crippen LogP contribution in [-0.4, -0.2) is 28.1 Å². The summed E-state index contributed by atoms with van der Waals surface area (Å²) in [5.74, 6) is -0.433. The van der Waals surface area contributed by atoms with E-state index in [4.69, 9.17) is 5.11 Å². The Balaban J connectivity index is 1.93. The third kappa shape index (κ3) is 5.08. The Morgan fingerprint density at radius 2 is 1.62 bits per heavy atom. The number of benzene rings is 1. The number of rotatable bonds is 6. The molecule has 2 aromatic rings. The first-order valence-corrected chi connectivity index (χ1v) is 7.76. The van der Waals surface area contributed by atoms with E-state index >= 15 is 0 Å². The maximum Gasteiger partial charge on any atom is 0.404 e. The number of pyridine rings is 1. The van der Waals surface area contributed by atoms with Crippen LogP contribution in [0.1, 0.15) is 20.3 Å². The lowest BCUT2D eigenvalue weighted by molar-refractivity contribution is -0.119. The average Bonchev–Trinajstić information content (AvgIpc) is 2.55. The van der Waals surface area contributed by atoms with Gasteiger partial charge in [-0.05, 0) is 48.7 Å². The fourth-order valence-corrected chi connectivity index (χ4v) is 2.46. The Kier molecular flexibility index (Phi) is 5.89. The summed E-state index contributed by atoms with van der Waals surface area (Å²) in [6, 6.07) is 11.1. The Labute approximate surface area is 140 Å². The first kappa shape index (κ1) is 17.5. The second kappa shape index (κ2) is 8.10. The molecule has 2 unspecified atom stereocenters. The Hall–Kier alpha value is -2.89. The van der Waals surface area contributed by atoms with Crippen molar-refractivity contribution in [2.45, 2.75) is 26.3 Å². The van der Waals surface area contributed by atoms with E-state index in [1.165, 1.54) is 0 Å². The summed E-state index contributed by atoms with van der Waals surface area (Å²) in [6.45, 7) is 3.52. The van der Waals surface area contributed by atoms with E-state index in [2.05, 4.69) is 15.6 Å².